The molecule has 1 atom stereocenters. The van der Waals surface area contributed by atoms with Crippen LogP contribution in [-0.2, 0) is 0 Å². The van der Waals surface area contributed by atoms with Crippen molar-refractivity contribution in [1.82, 2.24) is 0 Å². The first kappa shape index (κ1) is 20.2. The summed E-state index contributed by atoms with van der Waals surface area (Å²) in [7, 11) is 0.490. The third-order valence-electron chi connectivity index (χ3n) is 4.00. The maximum atomic E-state index is 12.1. The molecule has 1 saturated carbocycles. The molecule has 0 aromatic heterocycles. The first-order valence-corrected chi connectivity index (χ1v) is 9.21. The summed E-state index contributed by atoms with van der Waals surface area (Å²) >= 11 is 0. The predicted octanol–water partition coefficient (Wildman–Crippen LogP) is 2.95. The molecule has 0 N–H and O–H groups in total. The van der Waals surface area contributed by atoms with E-state index in [4.69, 9.17) is 0 Å². The molecule has 1 aliphatic carbocycles. The van der Waals surface area contributed by atoms with E-state index in [2.05, 4.69) is 0 Å². The maximum Gasteiger partial charge on any atom is 1.00 e. The average molecular weight is 320 g/mol. The molecule has 3 heteroatoms. The number of carbonyl (C=O) groups is 1. The zero-order valence-corrected chi connectivity index (χ0v) is 15.3. The Hall–Kier alpha value is -0.863. The molecule has 23 heavy (non-hydrogen) atoms. The molecule has 1 nitrogen and oxygen atoms in total. The van der Waals surface area contributed by atoms with Crippen LogP contribution in [0.15, 0.2) is 60.7 Å². The maximum absolute atomic E-state index is 12.1. The first-order valence-electron chi connectivity index (χ1n) is 8.14. The van der Waals surface area contributed by atoms with E-state index in [1.165, 1.54) is 32.1 Å². The van der Waals surface area contributed by atoms with Gasteiger partial charge in [0, 0.05) is 5.56 Å². The van der Waals surface area contributed by atoms with Gasteiger partial charge in [0.2, 0.25) is 0 Å². The molecular weight excluding hydrogens is 294 g/mol. The van der Waals surface area contributed by atoms with Gasteiger partial charge in [0.25, 0.3) is 0 Å². The number of rotatable bonds is 3. The van der Waals surface area contributed by atoms with E-state index in [0.717, 1.165) is 11.1 Å². The normalized spacial score (nSPS) is 14.7. The molecule has 0 heterocycles. The summed E-state index contributed by atoms with van der Waals surface area (Å²) in [4.78, 5) is 12.1. The van der Waals surface area contributed by atoms with Crippen molar-refractivity contribution in [2.24, 2.45) is 0 Å². The molecule has 0 spiro atoms. The van der Waals surface area contributed by atoms with Gasteiger partial charge < -0.3 is 1.43 Å². The Morgan fingerprint density at radius 2 is 1.43 bits per heavy atom. The fourth-order valence-electron chi connectivity index (χ4n) is 2.72. The fourth-order valence-corrected chi connectivity index (χ4v) is 4.23. The fraction of sp³-hybridized carbons (Fsp3) is 0.350. The third-order valence-corrected chi connectivity index (χ3v) is 5.51. The summed E-state index contributed by atoms with van der Waals surface area (Å²) in [6, 6.07) is 20.0. The van der Waals surface area contributed by atoms with Crippen molar-refractivity contribution in [1.29, 1.82) is 0 Å². The smallest absolute Gasteiger partial charge is 1.00 e. The standard InChI is InChI=1S/C14H19OP.C6H6.Li.H/c1-11-7-5-6-10-13(11)14(15)16-12-8-3-2-4-9-12;1-2-4-6-5-3-1;;/h5-7,10,12,16H,2-4,8-9H2,1H3;1-6H;;/q;;+1;-1. The van der Waals surface area contributed by atoms with Crippen molar-refractivity contribution in [2.75, 3.05) is 0 Å². The van der Waals surface area contributed by atoms with Crippen molar-refractivity contribution in [3.05, 3.63) is 71.8 Å². The molecule has 0 saturated heterocycles. The summed E-state index contributed by atoms with van der Waals surface area (Å²) < 4.78 is 0. The summed E-state index contributed by atoms with van der Waals surface area (Å²) in [5, 5.41) is 0. The van der Waals surface area contributed by atoms with E-state index >= 15 is 0 Å². The van der Waals surface area contributed by atoms with E-state index in [0.29, 0.717) is 19.8 Å². The Labute approximate surface area is 155 Å². The Kier molecular flexibility index (Phi) is 10.2. The number of hydrogen-bond acceptors (Lipinski definition) is 1. The van der Waals surface area contributed by atoms with Crippen LogP contribution < -0.4 is 18.9 Å². The average Bonchev–Trinajstić information content (AvgIpc) is 2.58. The van der Waals surface area contributed by atoms with Crippen LogP contribution in [0.1, 0.15) is 49.5 Å². The van der Waals surface area contributed by atoms with Gasteiger partial charge in [-0.15, -0.1) is 0 Å². The second kappa shape index (κ2) is 11.6. The molecule has 1 aliphatic rings. The molecule has 0 radical (unpaired) electrons. The van der Waals surface area contributed by atoms with Crippen LogP contribution in [-0.4, -0.2) is 11.2 Å². The molecule has 2 aromatic rings. The van der Waals surface area contributed by atoms with E-state index in [9.17, 15) is 4.79 Å². The SMILES string of the molecule is Cc1ccccc1C(=O)PC1CCCCC1.[H-].[Li+].c1ccccc1. The molecule has 0 aliphatic heterocycles. The van der Waals surface area contributed by atoms with Gasteiger partial charge >= 0.3 is 18.9 Å². The van der Waals surface area contributed by atoms with Gasteiger partial charge in [-0.1, -0.05) is 79.9 Å². The van der Waals surface area contributed by atoms with Gasteiger partial charge in [0.05, 0.1) is 0 Å². The minimum absolute atomic E-state index is 0. The Bertz CT molecular complexity index is 544. The summed E-state index contributed by atoms with van der Waals surface area (Å²) in [6.45, 7) is 2.03. The van der Waals surface area contributed by atoms with Crippen molar-refractivity contribution in [2.45, 2.75) is 44.7 Å². The van der Waals surface area contributed by atoms with Gasteiger partial charge in [-0.3, -0.25) is 4.79 Å². The summed E-state index contributed by atoms with van der Waals surface area (Å²) in [5.74, 6) is 0. The van der Waals surface area contributed by atoms with Crippen LogP contribution in [0.4, 0.5) is 0 Å². The number of aryl methyl sites for hydroxylation is 1. The van der Waals surface area contributed by atoms with Crippen molar-refractivity contribution in [3.63, 3.8) is 0 Å². The Balaban J connectivity index is 0.000000565. The molecule has 1 unspecified atom stereocenters. The van der Waals surface area contributed by atoms with E-state index in [-0.39, 0.29) is 20.3 Å². The number of carbonyl (C=O) groups excluding carboxylic acids is 1. The van der Waals surface area contributed by atoms with E-state index in [1.807, 2.05) is 67.6 Å². The molecule has 0 amide bonds. The van der Waals surface area contributed by atoms with Crippen LogP contribution in [0.2, 0.25) is 0 Å². The minimum Gasteiger partial charge on any atom is -1.00 e. The second-order valence-corrected chi connectivity index (χ2v) is 7.34. The molecule has 2 aromatic carbocycles. The van der Waals surface area contributed by atoms with Gasteiger partial charge in [0.1, 0.15) is 0 Å². The second-order valence-electron chi connectivity index (χ2n) is 5.78. The van der Waals surface area contributed by atoms with E-state index < -0.39 is 0 Å². The van der Waals surface area contributed by atoms with Crippen LogP contribution >= 0.6 is 8.58 Å². The molecular formula is C20H26LiOP. The predicted molar refractivity (Wildman–Crippen MR) is 98.3 cm³/mol. The summed E-state index contributed by atoms with van der Waals surface area (Å²) in [5.41, 5.74) is 3.09. The largest absolute Gasteiger partial charge is 1.00 e. The monoisotopic (exact) mass is 320 g/mol. The van der Waals surface area contributed by atoms with Crippen LogP contribution in [0.25, 0.3) is 0 Å². The van der Waals surface area contributed by atoms with Crippen molar-refractivity contribution in [3.8, 4) is 0 Å². The topological polar surface area (TPSA) is 17.1 Å². The molecule has 3 rings (SSSR count). The summed E-state index contributed by atoms with van der Waals surface area (Å²) in [6.07, 6.45) is 6.52. The third kappa shape index (κ3) is 7.50. The molecule has 0 bridgehead atoms. The van der Waals surface area contributed by atoms with Gasteiger partial charge in [-0.25, -0.2) is 0 Å². The molecule has 1 fully saturated rings. The minimum atomic E-state index is 0. The Morgan fingerprint density at radius 1 is 0.913 bits per heavy atom. The molecule has 118 valence electrons. The first-order chi connectivity index (χ1) is 10.8. The van der Waals surface area contributed by atoms with Gasteiger partial charge in [-0.05, 0) is 39.6 Å². The van der Waals surface area contributed by atoms with Crippen molar-refractivity contribution >= 4 is 14.1 Å². The van der Waals surface area contributed by atoms with E-state index in [1.54, 1.807) is 0 Å². The van der Waals surface area contributed by atoms with Gasteiger partial charge in [-0.2, -0.15) is 0 Å². The number of hydrogen-bond donors (Lipinski definition) is 0. The number of benzene rings is 2. The van der Waals surface area contributed by atoms with Gasteiger partial charge in [0.15, 0.2) is 5.52 Å². The zero-order chi connectivity index (χ0) is 15.6. The quantitative estimate of drug-likeness (QED) is 0.628. The zero-order valence-electron chi connectivity index (χ0n) is 15.3. The van der Waals surface area contributed by atoms with Crippen LogP contribution in [0.5, 0.6) is 0 Å². The van der Waals surface area contributed by atoms with Crippen molar-refractivity contribution < 1.29 is 25.1 Å². The Morgan fingerprint density at radius 3 is 1.96 bits per heavy atom. The van der Waals surface area contributed by atoms with Crippen LogP contribution in [0, 0.1) is 6.92 Å². The van der Waals surface area contributed by atoms with Crippen LogP contribution in [0.3, 0.4) is 0 Å².